The number of nitro groups is 1. The third kappa shape index (κ3) is 3.85. The molecule has 0 radical (unpaired) electrons. The predicted molar refractivity (Wildman–Crippen MR) is 79.3 cm³/mol. The third-order valence-corrected chi connectivity index (χ3v) is 2.56. The van der Waals surface area contributed by atoms with Gasteiger partial charge >= 0.3 is 11.9 Å². The Hall–Kier alpha value is -4.44. The van der Waals surface area contributed by atoms with Crippen molar-refractivity contribution in [3.8, 4) is 6.01 Å². The normalized spacial score (nSPS) is 10.6. The van der Waals surface area contributed by atoms with Crippen LogP contribution in [0.2, 0.25) is 0 Å². The summed E-state index contributed by atoms with van der Waals surface area (Å²) in [5, 5.41) is 38.1. The highest BCUT2D eigenvalue weighted by Crippen LogP contribution is 2.02. The summed E-state index contributed by atoms with van der Waals surface area (Å²) < 4.78 is 2.31. The Morgan fingerprint density at radius 3 is 2.32 bits per heavy atom. The van der Waals surface area contributed by atoms with Gasteiger partial charge in [0.1, 0.15) is 0 Å². The Kier molecular flexibility index (Phi) is 4.58. The minimum absolute atomic E-state index is 0.115. The van der Waals surface area contributed by atoms with Gasteiger partial charge in [-0.25, -0.2) is 4.68 Å². The Morgan fingerprint density at radius 1 is 1.20 bits per heavy atom. The second kappa shape index (κ2) is 6.76. The lowest BCUT2D eigenvalue weighted by Gasteiger charge is -1.94. The van der Waals surface area contributed by atoms with Crippen LogP contribution in [-0.2, 0) is 0 Å². The summed E-state index contributed by atoms with van der Waals surface area (Å²) in [6.45, 7) is 0. The fourth-order valence-corrected chi connectivity index (χ4v) is 1.37. The molecule has 3 aromatic rings. The Balaban J connectivity index is 0.000000212. The molecule has 0 aliphatic carbocycles. The number of hydrogen-bond acceptors (Lipinski definition) is 12. The van der Waals surface area contributed by atoms with Crippen molar-refractivity contribution in [1.82, 2.24) is 40.3 Å². The first-order valence-electron chi connectivity index (χ1n) is 6.18. The highest BCUT2D eigenvalue weighted by molar-refractivity contribution is 5.62. The number of H-pyrrole nitrogens is 2. The van der Waals surface area contributed by atoms with Crippen LogP contribution in [0.5, 0.6) is 6.01 Å². The summed E-state index contributed by atoms with van der Waals surface area (Å²) in [5.41, 5.74) is 10.8. The summed E-state index contributed by atoms with van der Waals surface area (Å²) in [7, 11) is 0. The zero-order chi connectivity index (χ0) is 18.6. The first kappa shape index (κ1) is 16.9. The van der Waals surface area contributed by atoms with Crippen molar-refractivity contribution < 1.29 is 14.7 Å². The first-order chi connectivity index (χ1) is 11.8. The van der Waals surface area contributed by atoms with Gasteiger partial charge in [-0.3, -0.25) is 5.84 Å². The molecule has 0 amide bonds. The van der Waals surface area contributed by atoms with Gasteiger partial charge in [0.15, 0.2) is 5.82 Å². The Morgan fingerprint density at radius 2 is 1.92 bits per heavy atom. The van der Waals surface area contributed by atoms with Gasteiger partial charge in [0.25, 0.3) is 0 Å². The molecular formula is C8H12N14O3. The van der Waals surface area contributed by atoms with Crippen LogP contribution in [0.4, 0.5) is 17.8 Å². The van der Waals surface area contributed by atoms with E-state index in [4.69, 9.17) is 23.2 Å². The van der Waals surface area contributed by atoms with Gasteiger partial charge in [-0.15, -0.1) is 20.0 Å². The molecule has 10 N–H and O–H groups in total. The van der Waals surface area contributed by atoms with Gasteiger partial charge in [-0.05, 0) is 11.0 Å². The van der Waals surface area contributed by atoms with Crippen LogP contribution in [-0.4, -0.2) is 45.2 Å². The molecule has 0 aromatic carbocycles. The summed E-state index contributed by atoms with van der Waals surface area (Å²) in [4.78, 5) is 11.8. The van der Waals surface area contributed by atoms with E-state index >= 15 is 0 Å². The molecule has 17 heteroatoms. The van der Waals surface area contributed by atoms with Crippen molar-refractivity contribution in [1.29, 1.82) is 0 Å². The van der Waals surface area contributed by atoms with Crippen molar-refractivity contribution >= 4 is 30.0 Å². The number of anilines is 2. The fourth-order valence-electron chi connectivity index (χ4n) is 1.37. The standard InChI is InChI=1S/C6H10N10.C2H2N4O3/c7-5-13-11-3(15(5)9)1-2-4-12-14-6(8)16(4)10;7-2-3-1(4-5-2)6(8)9/h1-2H,9-10H2,(H4,7,8,11,12,13,14);(H2,3,4,5,7). The van der Waals surface area contributed by atoms with Crippen LogP contribution in [0, 0.1) is 10.1 Å². The lowest BCUT2D eigenvalue weighted by atomic mass is 10.4. The number of aromatic amines is 2. The van der Waals surface area contributed by atoms with Crippen LogP contribution >= 0.6 is 0 Å². The van der Waals surface area contributed by atoms with Gasteiger partial charge in [0.2, 0.25) is 17.8 Å². The van der Waals surface area contributed by atoms with E-state index < -0.39 is 16.9 Å². The second-order valence-electron chi connectivity index (χ2n) is 4.16. The number of rotatable bonds is 3. The first-order valence-corrected chi connectivity index (χ1v) is 6.18. The lowest BCUT2D eigenvalue weighted by molar-refractivity contribution is -0.625. The molecule has 0 aliphatic rings. The van der Waals surface area contributed by atoms with E-state index in [0.29, 0.717) is 11.6 Å². The maximum atomic E-state index is 10.0. The Labute approximate surface area is 137 Å². The highest BCUT2D eigenvalue weighted by Gasteiger charge is 2.10. The second-order valence-corrected chi connectivity index (χ2v) is 4.16. The summed E-state index contributed by atoms with van der Waals surface area (Å²) in [6.07, 6.45) is 3.16. The van der Waals surface area contributed by atoms with E-state index in [1.807, 2.05) is 5.10 Å². The number of nitrogens with two attached hydrogens (primary N) is 4. The van der Waals surface area contributed by atoms with E-state index in [1.54, 1.807) is 12.2 Å². The molecule has 3 heterocycles. The smallest absolute Gasteiger partial charge is 0.452 e. The quantitative estimate of drug-likeness (QED) is 0.113. The minimum Gasteiger partial charge on any atom is -0.829 e. The molecule has 0 saturated carbocycles. The third-order valence-electron chi connectivity index (χ3n) is 2.56. The lowest BCUT2D eigenvalue weighted by Crippen LogP contribution is -2.47. The molecule has 0 saturated heterocycles. The van der Waals surface area contributed by atoms with E-state index in [0.717, 1.165) is 4.68 Å². The van der Waals surface area contributed by atoms with Crippen molar-refractivity contribution in [3.05, 3.63) is 21.8 Å². The average Bonchev–Trinajstić information content (AvgIpc) is 3.23. The fraction of sp³-hybridized carbons (Fsp3) is 0. The van der Waals surface area contributed by atoms with Crippen molar-refractivity contribution in [2.24, 2.45) is 0 Å². The number of aromatic nitrogens is 9. The van der Waals surface area contributed by atoms with Crippen molar-refractivity contribution in [2.45, 2.75) is 0 Å². The summed E-state index contributed by atoms with van der Waals surface area (Å²) in [5.74, 6) is 11.6. The minimum atomic E-state index is -0.873. The van der Waals surface area contributed by atoms with Crippen molar-refractivity contribution in [2.75, 3.05) is 23.2 Å². The number of nitrogens with zero attached hydrogens (tertiary/aromatic N) is 8. The molecule has 3 rings (SSSR count). The SMILES string of the molecule is Nc1nnc(/C=C/c2[nH]nc(N)[n+]2N)n1N.O=[N+]([O-])c1nc([O-])n[nH]1. The van der Waals surface area contributed by atoms with E-state index in [2.05, 4.69) is 30.5 Å². The summed E-state index contributed by atoms with van der Waals surface area (Å²) >= 11 is 0. The zero-order valence-corrected chi connectivity index (χ0v) is 12.3. The highest BCUT2D eigenvalue weighted by atomic mass is 16.6. The van der Waals surface area contributed by atoms with E-state index in [1.165, 1.54) is 4.68 Å². The molecule has 25 heavy (non-hydrogen) atoms. The zero-order valence-electron chi connectivity index (χ0n) is 12.3. The molecular weight excluding hydrogens is 340 g/mol. The molecule has 0 atom stereocenters. The predicted octanol–water partition coefficient (Wildman–Crippen LogP) is -4.16. The number of nitrogen functional groups attached to an aromatic ring is 4. The molecule has 0 spiro atoms. The van der Waals surface area contributed by atoms with Gasteiger partial charge in [0.05, 0.1) is 0 Å². The molecule has 132 valence electrons. The van der Waals surface area contributed by atoms with Crippen LogP contribution in [0.25, 0.3) is 12.2 Å². The van der Waals surface area contributed by atoms with Crippen LogP contribution in [0.3, 0.4) is 0 Å². The van der Waals surface area contributed by atoms with Crippen molar-refractivity contribution in [3.63, 3.8) is 0 Å². The molecule has 3 aromatic heterocycles. The van der Waals surface area contributed by atoms with Gasteiger partial charge in [0, 0.05) is 11.2 Å². The van der Waals surface area contributed by atoms with E-state index in [-0.39, 0.29) is 11.9 Å². The van der Waals surface area contributed by atoms with E-state index in [9.17, 15) is 15.2 Å². The monoisotopic (exact) mass is 352 g/mol. The molecule has 0 aliphatic heterocycles. The molecule has 17 nitrogen and oxygen atoms in total. The van der Waals surface area contributed by atoms with Crippen LogP contribution in [0.1, 0.15) is 11.6 Å². The molecule has 0 unspecified atom stereocenters. The van der Waals surface area contributed by atoms with Crippen LogP contribution in [0.15, 0.2) is 0 Å². The number of nitrogens with one attached hydrogen (secondary N) is 2. The topological polar surface area (TPSA) is 275 Å². The van der Waals surface area contributed by atoms with Gasteiger partial charge < -0.3 is 32.5 Å². The average molecular weight is 352 g/mol. The maximum absolute atomic E-state index is 10.0. The molecule has 0 bridgehead atoms. The Bertz CT molecular complexity index is 857. The molecule has 0 fully saturated rings. The van der Waals surface area contributed by atoms with Crippen LogP contribution < -0.4 is 32.9 Å². The van der Waals surface area contributed by atoms with Gasteiger partial charge in [-0.2, -0.15) is 5.10 Å². The maximum Gasteiger partial charge on any atom is 0.452 e. The van der Waals surface area contributed by atoms with Gasteiger partial charge in [-0.1, -0.05) is 10.1 Å². The largest absolute Gasteiger partial charge is 0.829 e. The summed E-state index contributed by atoms with van der Waals surface area (Å²) in [6, 6.07) is -0.873. The number of hydrogen-bond donors (Lipinski definition) is 6.